The zero-order valence-electron chi connectivity index (χ0n) is 17.5. The molecule has 31 heavy (non-hydrogen) atoms. The van der Waals surface area contributed by atoms with Gasteiger partial charge >= 0.3 is 0 Å². The molecule has 1 aliphatic rings. The molecule has 0 spiro atoms. The van der Waals surface area contributed by atoms with E-state index >= 15 is 0 Å². The number of hydrogen-bond acceptors (Lipinski definition) is 7. The van der Waals surface area contributed by atoms with Crippen molar-refractivity contribution < 1.29 is 14.1 Å². The molecule has 8 nitrogen and oxygen atoms in total. The predicted molar refractivity (Wildman–Crippen MR) is 114 cm³/mol. The molecule has 0 bridgehead atoms. The number of pyridine rings is 1. The lowest BCUT2D eigenvalue weighted by Crippen LogP contribution is -2.49. The summed E-state index contributed by atoms with van der Waals surface area (Å²) in [6.45, 7) is 6.52. The number of aryl methyl sites for hydroxylation is 2. The van der Waals surface area contributed by atoms with Crippen LogP contribution in [0.5, 0.6) is 5.75 Å². The third-order valence-corrected chi connectivity index (χ3v) is 5.44. The van der Waals surface area contributed by atoms with Gasteiger partial charge in [-0.2, -0.15) is 5.26 Å². The first-order chi connectivity index (χ1) is 15.1. The Labute approximate surface area is 180 Å². The molecule has 0 unspecified atom stereocenters. The first-order valence-corrected chi connectivity index (χ1v) is 10.1. The van der Waals surface area contributed by atoms with Crippen LogP contribution in [0.2, 0.25) is 0 Å². The van der Waals surface area contributed by atoms with E-state index in [1.165, 1.54) is 0 Å². The number of carbonyl (C=O) groups excluding carboxylic acids is 1. The lowest BCUT2D eigenvalue weighted by molar-refractivity contribution is 0.0746. The molecule has 158 valence electrons. The fourth-order valence-electron chi connectivity index (χ4n) is 3.60. The molecular weight excluding hydrogens is 394 g/mol. The van der Waals surface area contributed by atoms with Crippen LogP contribution in [0.1, 0.15) is 32.9 Å². The van der Waals surface area contributed by atoms with Crippen molar-refractivity contribution in [2.45, 2.75) is 20.5 Å². The Morgan fingerprint density at radius 2 is 1.90 bits per heavy atom. The Kier molecular flexibility index (Phi) is 5.85. The van der Waals surface area contributed by atoms with Crippen molar-refractivity contribution in [3.63, 3.8) is 0 Å². The molecule has 3 aromatic rings. The molecule has 0 aliphatic carbocycles. The smallest absolute Gasteiger partial charge is 0.253 e. The Morgan fingerprint density at radius 3 is 2.55 bits per heavy atom. The van der Waals surface area contributed by atoms with Gasteiger partial charge in [0.2, 0.25) is 0 Å². The van der Waals surface area contributed by atoms with Crippen molar-refractivity contribution in [2.75, 3.05) is 31.1 Å². The van der Waals surface area contributed by atoms with Gasteiger partial charge in [0.05, 0.1) is 16.8 Å². The molecule has 8 heteroatoms. The summed E-state index contributed by atoms with van der Waals surface area (Å²) in [5.41, 5.74) is 2.92. The number of hydrogen-bond donors (Lipinski definition) is 0. The van der Waals surface area contributed by atoms with Gasteiger partial charge in [0.1, 0.15) is 30.0 Å². The average molecular weight is 417 g/mol. The fraction of sp³-hybridized carbons (Fsp3) is 0.304. The summed E-state index contributed by atoms with van der Waals surface area (Å²) in [7, 11) is 0. The molecule has 4 rings (SSSR count). The molecule has 3 heterocycles. The molecule has 0 N–H and O–H groups in total. The molecule has 1 saturated heterocycles. The van der Waals surface area contributed by atoms with Gasteiger partial charge in [-0.3, -0.25) is 4.79 Å². The lowest BCUT2D eigenvalue weighted by atomic mass is 10.1. The second-order valence-corrected chi connectivity index (χ2v) is 7.38. The van der Waals surface area contributed by atoms with Crippen LogP contribution >= 0.6 is 0 Å². The van der Waals surface area contributed by atoms with Crippen LogP contribution in [0, 0.1) is 25.2 Å². The highest BCUT2D eigenvalue weighted by molar-refractivity contribution is 5.94. The van der Waals surface area contributed by atoms with E-state index in [-0.39, 0.29) is 5.91 Å². The van der Waals surface area contributed by atoms with E-state index in [2.05, 4.69) is 16.2 Å². The maximum Gasteiger partial charge on any atom is 0.253 e. The minimum Gasteiger partial charge on any atom is -0.489 e. The van der Waals surface area contributed by atoms with Crippen molar-refractivity contribution in [1.82, 2.24) is 15.0 Å². The highest BCUT2D eigenvalue weighted by atomic mass is 16.5. The van der Waals surface area contributed by atoms with E-state index in [0.717, 1.165) is 17.0 Å². The number of anilines is 1. The first-order valence-electron chi connectivity index (χ1n) is 10.1. The first kappa shape index (κ1) is 20.4. The summed E-state index contributed by atoms with van der Waals surface area (Å²) in [5, 5.41) is 13.2. The number of nitrogens with zero attached hydrogens (tertiary/aromatic N) is 5. The van der Waals surface area contributed by atoms with Crippen molar-refractivity contribution in [3.8, 4) is 11.8 Å². The fourth-order valence-corrected chi connectivity index (χ4v) is 3.60. The van der Waals surface area contributed by atoms with Gasteiger partial charge in [-0.25, -0.2) is 4.98 Å². The maximum atomic E-state index is 12.9. The van der Waals surface area contributed by atoms with Gasteiger partial charge in [-0.1, -0.05) is 5.16 Å². The minimum atomic E-state index is -0.0153. The molecule has 1 amide bonds. The third-order valence-electron chi connectivity index (χ3n) is 5.44. The number of piperazine rings is 1. The number of rotatable bonds is 5. The van der Waals surface area contributed by atoms with Crippen molar-refractivity contribution in [3.05, 3.63) is 70.7 Å². The predicted octanol–water partition coefficient (Wildman–Crippen LogP) is 3.10. The summed E-state index contributed by atoms with van der Waals surface area (Å²) in [6.07, 6.45) is 1.68. The highest BCUT2D eigenvalue weighted by Gasteiger charge is 2.24. The summed E-state index contributed by atoms with van der Waals surface area (Å²) in [5.74, 6) is 2.09. The van der Waals surface area contributed by atoms with E-state index in [1.807, 2.05) is 23.6 Å². The second-order valence-electron chi connectivity index (χ2n) is 7.38. The van der Waals surface area contributed by atoms with Crippen LogP contribution in [-0.2, 0) is 6.61 Å². The van der Waals surface area contributed by atoms with Gasteiger partial charge in [-0.15, -0.1) is 0 Å². The highest BCUT2D eigenvalue weighted by Crippen LogP contribution is 2.21. The van der Waals surface area contributed by atoms with Gasteiger partial charge in [-0.05, 0) is 50.2 Å². The topological polar surface area (TPSA) is 95.5 Å². The molecule has 0 radical (unpaired) electrons. The SMILES string of the molecule is Cc1noc(C)c1COc1ccc(C(=O)N2CCN(c3ncccc3C#N)CC2)cc1. The van der Waals surface area contributed by atoms with Gasteiger partial charge in [0, 0.05) is 37.9 Å². The van der Waals surface area contributed by atoms with Crippen LogP contribution < -0.4 is 9.64 Å². The van der Waals surface area contributed by atoms with Crippen molar-refractivity contribution in [1.29, 1.82) is 5.26 Å². The molecular formula is C23H23N5O3. The Balaban J connectivity index is 1.34. The molecule has 0 saturated carbocycles. The normalized spacial score (nSPS) is 13.7. The number of nitriles is 1. The quantitative estimate of drug-likeness (QED) is 0.629. The standard InChI is InChI=1S/C23H23N5O3/c1-16-21(17(2)31-26-16)15-30-20-7-5-18(6-8-20)23(29)28-12-10-27(11-13-28)22-19(14-24)4-3-9-25-22/h3-9H,10-13,15H2,1-2H3. The summed E-state index contributed by atoms with van der Waals surface area (Å²) >= 11 is 0. The van der Waals surface area contributed by atoms with Crippen molar-refractivity contribution >= 4 is 11.7 Å². The van der Waals surface area contributed by atoms with Gasteiger partial charge in [0.15, 0.2) is 0 Å². The van der Waals surface area contributed by atoms with E-state index in [9.17, 15) is 10.1 Å². The molecule has 0 atom stereocenters. The molecule has 1 fully saturated rings. The lowest BCUT2D eigenvalue weighted by Gasteiger charge is -2.35. The van der Waals surface area contributed by atoms with Crippen LogP contribution in [0.4, 0.5) is 5.82 Å². The van der Waals surface area contributed by atoms with Gasteiger partial charge < -0.3 is 19.1 Å². The van der Waals surface area contributed by atoms with E-state index in [1.54, 1.807) is 42.6 Å². The van der Waals surface area contributed by atoms with Crippen LogP contribution in [0.15, 0.2) is 47.1 Å². The maximum absolute atomic E-state index is 12.9. The number of carbonyl (C=O) groups is 1. The number of ether oxygens (including phenoxy) is 1. The summed E-state index contributed by atoms with van der Waals surface area (Å²) in [4.78, 5) is 21.1. The molecule has 2 aromatic heterocycles. The monoisotopic (exact) mass is 417 g/mol. The molecule has 1 aromatic carbocycles. The number of benzene rings is 1. The Hall–Kier alpha value is -3.86. The molecule has 1 aliphatic heterocycles. The van der Waals surface area contributed by atoms with Crippen LogP contribution in [0.25, 0.3) is 0 Å². The summed E-state index contributed by atoms with van der Waals surface area (Å²) < 4.78 is 11.0. The number of amides is 1. The van der Waals surface area contributed by atoms with Gasteiger partial charge in [0.25, 0.3) is 5.91 Å². The van der Waals surface area contributed by atoms with E-state index < -0.39 is 0 Å². The average Bonchev–Trinajstić information content (AvgIpc) is 3.14. The zero-order valence-corrected chi connectivity index (χ0v) is 17.5. The van der Waals surface area contributed by atoms with E-state index in [0.29, 0.717) is 55.5 Å². The Morgan fingerprint density at radius 1 is 1.16 bits per heavy atom. The van der Waals surface area contributed by atoms with Crippen LogP contribution in [0.3, 0.4) is 0 Å². The van der Waals surface area contributed by atoms with Crippen LogP contribution in [-0.4, -0.2) is 47.1 Å². The van der Waals surface area contributed by atoms with Crippen molar-refractivity contribution in [2.24, 2.45) is 0 Å². The third kappa shape index (κ3) is 4.36. The largest absolute Gasteiger partial charge is 0.489 e. The second kappa shape index (κ2) is 8.88. The zero-order chi connectivity index (χ0) is 21.8. The summed E-state index contributed by atoms with van der Waals surface area (Å²) in [6, 6.07) is 12.9. The van der Waals surface area contributed by atoms with E-state index in [4.69, 9.17) is 9.26 Å². The Bertz CT molecular complexity index is 1090. The minimum absolute atomic E-state index is 0.0153. The number of aromatic nitrogens is 2.